The molecule has 2 aliphatic carbocycles. The van der Waals surface area contributed by atoms with Crippen molar-refractivity contribution in [2.45, 2.75) is 47.0 Å². The second kappa shape index (κ2) is 11.6. The standard InChI is InChI=1S/C49H42/c1-48(2,3)34-27-23-32(24-28-34)46-40-19-11-7-15-36(40)44(37-16-8-12-20-41(37)46)31-45-38-17-9-13-21-42(38)47(43-22-14-10-18-39(43)45)33-25-29-35(30-26-33)49(4,5)6/h7-30H,1-6H3. The van der Waals surface area contributed by atoms with Gasteiger partial charge in [-0.15, -0.1) is 5.73 Å². The predicted molar refractivity (Wildman–Crippen MR) is 210 cm³/mol. The monoisotopic (exact) mass is 630 g/mol. The summed E-state index contributed by atoms with van der Waals surface area (Å²) in [4.78, 5) is 0. The predicted octanol–water partition coefficient (Wildman–Crippen LogP) is 11.0. The summed E-state index contributed by atoms with van der Waals surface area (Å²) in [5.41, 5.74) is 14.2. The van der Waals surface area contributed by atoms with Crippen molar-refractivity contribution < 1.29 is 0 Å². The Bertz CT molecular complexity index is 2350. The molecule has 0 fully saturated rings. The first-order valence-electron chi connectivity index (χ1n) is 17.5. The maximum Gasteiger partial charge on any atom is 0.0923 e. The number of benzene rings is 6. The summed E-state index contributed by atoms with van der Waals surface area (Å²) in [6, 6.07) is 44.7. The van der Waals surface area contributed by atoms with Crippen LogP contribution in [0.25, 0.3) is 38.4 Å². The van der Waals surface area contributed by atoms with E-state index in [1.54, 1.807) is 0 Å². The van der Waals surface area contributed by atoms with Crippen molar-refractivity contribution in [3.05, 3.63) is 201 Å². The van der Waals surface area contributed by atoms with Crippen LogP contribution in [0.3, 0.4) is 0 Å². The summed E-state index contributed by atoms with van der Waals surface area (Å²) in [6.07, 6.45) is 9.19. The van der Waals surface area contributed by atoms with Crippen LogP contribution in [-0.2, 0) is 5.41 Å². The molecule has 6 aromatic rings. The van der Waals surface area contributed by atoms with Gasteiger partial charge in [-0.25, -0.2) is 0 Å². The molecule has 0 heteroatoms. The van der Waals surface area contributed by atoms with Crippen LogP contribution in [0.1, 0.15) is 74.9 Å². The summed E-state index contributed by atoms with van der Waals surface area (Å²) in [7, 11) is 0. The highest BCUT2D eigenvalue weighted by molar-refractivity contribution is 6.05. The summed E-state index contributed by atoms with van der Waals surface area (Å²) >= 11 is 0. The van der Waals surface area contributed by atoms with Crippen molar-refractivity contribution in [2.24, 2.45) is 5.41 Å². The molecular weight excluding hydrogens is 589 g/mol. The van der Waals surface area contributed by atoms with Gasteiger partial charge in [0.15, 0.2) is 0 Å². The SMILES string of the molecule is CC(C)(C)c1ccc([C-]2c3ccccc3C(=C=c3c4ccccc4c(=C4C=C[C+](C(C)(C)C)C=C4)c4ccccc34)c3ccccc32)cc1. The Balaban J connectivity index is 1.45. The minimum Gasteiger partial charge on any atom is -0.114 e. The third-order valence-electron chi connectivity index (χ3n) is 10.2. The number of rotatable bonds is 1. The highest BCUT2D eigenvalue weighted by atomic mass is 14.3. The first-order chi connectivity index (χ1) is 23.6. The second-order valence-corrected chi connectivity index (χ2v) is 15.5. The molecule has 0 aliphatic heterocycles. The third kappa shape index (κ3) is 5.34. The minimum absolute atomic E-state index is 0.105. The zero-order chi connectivity index (χ0) is 33.9. The molecule has 238 valence electrons. The van der Waals surface area contributed by atoms with Crippen LogP contribution in [0.2, 0.25) is 0 Å². The van der Waals surface area contributed by atoms with Gasteiger partial charge < -0.3 is 0 Å². The van der Waals surface area contributed by atoms with E-state index in [-0.39, 0.29) is 10.8 Å². The van der Waals surface area contributed by atoms with Crippen molar-refractivity contribution in [1.82, 2.24) is 0 Å². The summed E-state index contributed by atoms with van der Waals surface area (Å²) < 4.78 is 0. The first-order valence-corrected chi connectivity index (χ1v) is 17.5. The lowest BCUT2D eigenvalue weighted by Crippen LogP contribution is -2.19. The van der Waals surface area contributed by atoms with Crippen molar-refractivity contribution in [3.8, 4) is 0 Å². The molecule has 0 amide bonds. The lowest BCUT2D eigenvalue weighted by atomic mass is 9.72. The average Bonchev–Trinajstić information content (AvgIpc) is 3.11. The van der Waals surface area contributed by atoms with Gasteiger partial charge in [-0.3, -0.25) is 0 Å². The number of allylic oxidation sites excluding steroid dienone is 4. The van der Waals surface area contributed by atoms with Gasteiger partial charge in [0.25, 0.3) is 0 Å². The van der Waals surface area contributed by atoms with Crippen LogP contribution in [0.5, 0.6) is 0 Å². The molecule has 0 aromatic heterocycles. The van der Waals surface area contributed by atoms with Gasteiger partial charge in [0.2, 0.25) is 0 Å². The van der Waals surface area contributed by atoms with E-state index < -0.39 is 0 Å². The topological polar surface area (TPSA) is 0 Å². The highest BCUT2D eigenvalue weighted by Crippen LogP contribution is 2.45. The Labute approximate surface area is 291 Å². The average molecular weight is 631 g/mol. The van der Waals surface area contributed by atoms with Crippen molar-refractivity contribution >= 4 is 38.4 Å². The van der Waals surface area contributed by atoms with Crippen molar-refractivity contribution in [1.29, 1.82) is 0 Å². The van der Waals surface area contributed by atoms with Gasteiger partial charge in [-0.1, -0.05) is 181 Å². The summed E-state index contributed by atoms with van der Waals surface area (Å²) in [5, 5.41) is 7.34. The highest BCUT2D eigenvalue weighted by Gasteiger charge is 2.28. The van der Waals surface area contributed by atoms with E-state index in [1.807, 2.05) is 0 Å². The van der Waals surface area contributed by atoms with Gasteiger partial charge in [0, 0.05) is 28.0 Å². The van der Waals surface area contributed by atoms with Crippen LogP contribution < -0.4 is 10.4 Å². The van der Waals surface area contributed by atoms with E-state index in [9.17, 15) is 0 Å². The van der Waals surface area contributed by atoms with Gasteiger partial charge in [0.1, 0.15) is 0 Å². The third-order valence-corrected chi connectivity index (χ3v) is 10.2. The maximum atomic E-state index is 4.09. The van der Waals surface area contributed by atoms with Crippen LogP contribution in [0.4, 0.5) is 0 Å². The summed E-state index contributed by atoms with van der Waals surface area (Å²) in [6.45, 7) is 13.6. The molecule has 49 heavy (non-hydrogen) atoms. The molecule has 0 radical (unpaired) electrons. The molecular formula is C49H42. The van der Waals surface area contributed by atoms with Crippen LogP contribution in [-0.4, -0.2) is 0 Å². The molecule has 0 N–H and O–H groups in total. The molecule has 0 nitrogen and oxygen atoms in total. The van der Waals surface area contributed by atoms with Gasteiger partial charge in [-0.2, -0.15) is 0 Å². The van der Waals surface area contributed by atoms with Crippen molar-refractivity contribution in [2.75, 3.05) is 0 Å². The maximum absolute atomic E-state index is 4.09. The van der Waals surface area contributed by atoms with Gasteiger partial charge >= 0.3 is 0 Å². The molecule has 0 saturated heterocycles. The quantitative estimate of drug-likeness (QED) is 0.125. The number of hydrogen-bond donors (Lipinski definition) is 0. The molecule has 0 saturated carbocycles. The van der Waals surface area contributed by atoms with E-state index in [2.05, 4.69) is 193 Å². The lowest BCUT2D eigenvalue weighted by Gasteiger charge is -2.36. The van der Waals surface area contributed by atoms with Crippen molar-refractivity contribution in [3.63, 3.8) is 0 Å². The first kappa shape index (κ1) is 30.9. The summed E-state index contributed by atoms with van der Waals surface area (Å²) in [5.74, 6) is 2.62. The van der Waals surface area contributed by atoms with E-state index in [4.69, 9.17) is 0 Å². The van der Waals surface area contributed by atoms with E-state index in [1.165, 1.54) is 77.6 Å². The van der Waals surface area contributed by atoms with Crippen LogP contribution >= 0.6 is 0 Å². The Hall–Kier alpha value is -5.42. The molecule has 2 aliphatic rings. The molecule has 6 aromatic carbocycles. The molecule has 0 unspecified atom stereocenters. The molecule has 0 bridgehead atoms. The zero-order valence-electron chi connectivity index (χ0n) is 29.4. The number of fused-ring (bicyclic) bond motifs is 4. The zero-order valence-corrected chi connectivity index (χ0v) is 29.4. The van der Waals surface area contributed by atoms with Crippen LogP contribution in [0.15, 0.2) is 146 Å². The fourth-order valence-corrected chi connectivity index (χ4v) is 7.55. The molecule has 0 heterocycles. The van der Waals surface area contributed by atoms with E-state index in [0.29, 0.717) is 0 Å². The molecule has 0 spiro atoms. The Morgan fingerprint density at radius 2 is 1.00 bits per heavy atom. The fraction of sp³-hybridized carbons (Fsp3) is 0.163. The Kier molecular flexibility index (Phi) is 7.33. The van der Waals surface area contributed by atoms with Gasteiger partial charge in [0.05, 0.1) is 23.6 Å². The Morgan fingerprint density at radius 3 is 1.49 bits per heavy atom. The smallest absolute Gasteiger partial charge is 0.0923 e. The normalized spacial score (nSPS) is 14.3. The second-order valence-electron chi connectivity index (χ2n) is 15.5. The van der Waals surface area contributed by atoms with E-state index in [0.717, 1.165) is 10.8 Å². The molecule has 0 atom stereocenters. The van der Waals surface area contributed by atoms with Crippen LogP contribution in [0, 0.1) is 17.3 Å². The Morgan fingerprint density at radius 1 is 0.531 bits per heavy atom. The molecule has 8 rings (SSSR count). The minimum atomic E-state index is 0.105. The lowest BCUT2D eigenvalue weighted by molar-refractivity contribution is 0.473. The van der Waals surface area contributed by atoms with Gasteiger partial charge in [-0.05, 0) is 53.3 Å². The fourth-order valence-electron chi connectivity index (χ4n) is 7.55. The van der Waals surface area contributed by atoms with E-state index >= 15 is 0 Å². The largest absolute Gasteiger partial charge is 0.114 e. The number of hydrogen-bond acceptors (Lipinski definition) is 0.